The standard InChI is InChI=1S/C17H25NO5/c1-4-10-18(11-9-17(20)21)16(19)8-6-13-5-7-14(22-2)15(12-13)23-3/h5,7,12H,4,6,8-11H2,1-3H3,(H,20,21). The molecule has 0 unspecified atom stereocenters. The summed E-state index contributed by atoms with van der Waals surface area (Å²) in [5, 5.41) is 8.76. The highest BCUT2D eigenvalue weighted by molar-refractivity contribution is 5.77. The molecule has 23 heavy (non-hydrogen) atoms. The number of carbonyl (C=O) groups excluding carboxylic acids is 1. The van der Waals surface area contributed by atoms with Crippen LogP contribution in [0, 0.1) is 0 Å². The molecular weight excluding hydrogens is 298 g/mol. The Morgan fingerprint density at radius 2 is 1.78 bits per heavy atom. The molecule has 0 heterocycles. The molecule has 0 bridgehead atoms. The maximum Gasteiger partial charge on any atom is 0.305 e. The SMILES string of the molecule is CCCN(CCC(=O)O)C(=O)CCc1ccc(OC)c(OC)c1. The first-order valence-corrected chi connectivity index (χ1v) is 7.72. The van der Waals surface area contributed by atoms with Gasteiger partial charge in [0.1, 0.15) is 0 Å². The molecule has 128 valence electrons. The highest BCUT2D eigenvalue weighted by atomic mass is 16.5. The van der Waals surface area contributed by atoms with Crippen molar-refractivity contribution < 1.29 is 24.2 Å². The van der Waals surface area contributed by atoms with Crippen LogP contribution in [0.15, 0.2) is 18.2 Å². The Morgan fingerprint density at radius 1 is 1.09 bits per heavy atom. The predicted octanol–water partition coefficient (Wildman–Crippen LogP) is 2.35. The number of carboxylic acid groups (broad SMARTS) is 1. The summed E-state index contributed by atoms with van der Waals surface area (Å²) in [7, 11) is 3.15. The summed E-state index contributed by atoms with van der Waals surface area (Å²) in [6, 6.07) is 5.57. The van der Waals surface area contributed by atoms with Gasteiger partial charge in [0.25, 0.3) is 0 Å². The monoisotopic (exact) mass is 323 g/mol. The summed E-state index contributed by atoms with van der Waals surface area (Å²) in [4.78, 5) is 24.6. The molecule has 0 aliphatic carbocycles. The first-order chi connectivity index (χ1) is 11.0. The lowest BCUT2D eigenvalue weighted by molar-refractivity contribution is -0.138. The number of aliphatic carboxylic acids is 1. The van der Waals surface area contributed by atoms with Crippen molar-refractivity contribution in [1.82, 2.24) is 4.90 Å². The number of rotatable bonds is 10. The topological polar surface area (TPSA) is 76.1 Å². The summed E-state index contributed by atoms with van der Waals surface area (Å²) in [5.74, 6) is 0.368. The molecular formula is C17H25NO5. The van der Waals surface area contributed by atoms with Gasteiger partial charge in [-0.3, -0.25) is 9.59 Å². The van der Waals surface area contributed by atoms with Crippen molar-refractivity contribution in [2.75, 3.05) is 27.3 Å². The number of carboxylic acids is 1. The van der Waals surface area contributed by atoms with E-state index in [1.165, 1.54) is 0 Å². The number of hydrogen-bond donors (Lipinski definition) is 1. The maximum absolute atomic E-state index is 12.3. The average Bonchev–Trinajstić information content (AvgIpc) is 2.55. The van der Waals surface area contributed by atoms with Crippen LogP contribution in [-0.2, 0) is 16.0 Å². The molecule has 6 nitrogen and oxygen atoms in total. The van der Waals surface area contributed by atoms with E-state index in [2.05, 4.69) is 0 Å². The fourth-order valence-corrected chi connectivity index (χ4v) is 2.31. The quantitative estimate of drug-likeness (QED) is 0.715. The van der Waals surface area contributed by atoms with Crippen molar-refractivity contribution in [3.05, 3.63) is 23.8 Å². The van der Waals surface area contributed by atoms with Crippen LogP contribution in [0.2, 0.25) is 0 Å². The molecule has 0 saturated heterocycles. The Morgan fingerprint density at radius 3 is 2.35 bits per heavy atom. The van der Waals surface area contributed by atoms with Crippen molar-refractivity contribution in [2.45, 2.75) is 32.6 Å². The second kappa shape index (κ2) is 9.71. The average molecular weight is 323 g/mol. The third-order valence-electron chi connectivity index (χ3n) is 3.52. The zero-order valence-corrected chi connectivity index (χ0v) is 14.0. The number of methoxy groups -OCH3 is 2. The van der Waals surface area contributed by atoms with Gasteiger partial charge < -0.3 is 19.5 Å². The zero-order chi connectivity index (χ0) is 17.2. The summed E-state index contributed by atoms with van der Waals surface area (Å²) >= 11 is 0. The third kappa shape index (κ3) is 6.18. The van der Waals surface area contributed by atoms with Crippen LogP contribution in [0.5, 0.6) is 11.5 Å². The smallest absolute Gasteiger partial charge is 0.305 e. The van der Waals surface area contributed by atoms with Crippen molar-refractivity contribution >= 4 is 11.9 Å². The number of hydrogen-bond acceptors (Lipinski definition) is 4. The van der Waals surface area contributed by atoms with Crippen molar-refractivity contribution in [3.63, 3.8) is 0 Å². The molecule has 1 amide bonds. The van der Waals surface area contributed by atoms with Gasteiger partial charge in [0.05, 0.1) is 20.6 Å². The molecule has 0 aromatic heterocycles. The van der Waals surface area contributed by atoms with Gasteiger partial charge in [-0.25, -0.2) is 0 Å². The predicted molar refractivity (Wildman–Crippen MR) is 87.0 cm³/mol. The maximum atomic E-state index is 12.3. The molecule has 6 heteroatoms. The van der Waals surface area contributed by atoms with E-state index in [4.69, 9.17) is 14.6 Å². The minimum atomic E-state index is -0.890. The molecule has 1 rings (SSSR count). The molecule has 1 N–H and O–H groups in total. The fourth-order valence-electron chi connectivity index (χ4n) is 2.31. The Bertz CT molecular complexity index is 530. The van der Waals surface area contributed by atoms with Gasteiger partial charge in [0.15, 0.2) is 11.5 Å². The van der Waals surface area contributed by atoms with Crippen LogP contribution in [0.25, 0.3) is 0 Å². The number of nitrogens with zero attached hydrogens (tertiary/aromatic N) is 1. The molecule has 0 atom stereocenters. The Hall–Kier alpha value is -2.24. The van der Waals surface area contributed by atoms with Crippen molar-refractivity contribution in [2.24, 2.45) is 0 Å². The number of ether oxygens (including phenoxy) is 2. The number of benzene rings is 1. The largest absolute Gasteiger partial charge is 0.493 e. The highest BCUT2D eigenvalue weighted by Gasteiger charge is 2.14. The van der Waals surface area contributed by atoms with Crippen LogP contribution in [-0.4, -0.2) is 49.2 Å². The highest BCUT2D eigenvalue weighted by Crippen LogP contribution is 2.28. The number of amides is 1. The molecule has 0 fully saturated rings. The van der Waals surface area contributed by atoms with Gasteiger partial charge in [0.2, 0.25) is 5.91 Å². The Kier molecular flexibility index (Phi) is 7.94. The minimum absolute atomic E-state index is 0.0251. The van der Waals surface area contributed by atoms with Gasteiger partial charge in [0, 0.05) is 19.5 Å². The fraction of sp³-hybridized carbons (Fsp3) is 0.529. The molecule has 1 aromatic rings. The summed E-state index contributed by atoms with van der Waals surface area (Å²) in [6.07, 6.45) is 1.70. The first-order valence-electron chi connectivity index (χ1n) is 7.72. The molecule has 0 aliphatic rings. The lowest BCUT2D eigenvalue weighted by Gasteiger charge is -2.21. The molecule has 0 saturated carbocycles. The van der Waals surface area contributed by atoms with Gasteiger partial charge in [-0.05, 0) is 30.5 Å². The van der Waals surface area contributed by atoms with E-state index in [9.17, 15) is 9.59 Å². The van der Waals surface area contributed by atoms with Crippen LogP contribution >= 0.6 is 0 Å². The number of carbonyl (C=O) groups is 2. The number of aryl methyl sites for hydroxylation is 1. The Balaban J connectivity index is 2.63. The lowest BCUT2D eigenvalue weighted by atomic mass is 10.1. The zero-order valence-electron chi connectivity index (χ0n) is 14.0. The summed E-state index contributed by atoms with van der Waals surface area (Å²) in [5.41, 5.74) is 0.977. The molecule has 1 aromatic carbocycles. The van der Waals surface area contributed by atoms with E-state index in [0.717, 1.165) is 12.0 Å². The van der Waals surface area contributed by atoms with Gasteiger partial charge in [-0.15, -0.1) is 0 Å². The van der Waals surface area contributed by atoms with Crippen LogP contribution in [0.1, 0.15) is 31.7 Å². The normalized spacial score (nSPS) is 10.2. The molecule has 0 spiro atoms. The van der Waals surface area contributed by atoms with Gasteiger partial charge in [-0.2, -0.15) is 0 Å². The van der Waals surface area contributed by atoms with E-state index in [-0.39, 0.29) is 18.9 Å². The van der Waals surface area contributed by atoms with E-state index in [1.807, 2.05) is 25.1 Å². The van der Waals surface area contributed by atoms with E-state index in [0.29, 0.717) is 30.9 Å². The lowest BCUT2D eigenvalue weighted by Crippen LogP contribution is -2.33. The first kappa shape index (κ1) is 18.8. The van der Waals surface area contributed by atoms with E-state index < -0.39 is 5.97 Å². The second-order valence-corrected chi connectivity index (χ2v) is 5.21. The van der Waals surface area contributed by atoms with E-state index in [1.54, 1.807) is 19.1 Å². The van der Waals surface area contributed by atoms with Crippen molar-refractivity contribution in [3.8, 4) is 11.5 Å². The van der Waals surface area contributed by atoms with Gasteiger partial charge >= 0.3 is 5.97 Å². The second-order valence-electron chi connectivity index (χ2n) is 5.21. The van der Waals surface area contributed by atoms with Crippen LogP contribution in [0.3, 0.4) is 0 Å². The summed E-state index contributed by atoms with van der Waals surface area (Å²) in [6.45, 7) is 2.81. The van der Waals surface area contributed by atoms with Crippen molar-refractivity contribution in [1.29, 1.82) is 0 Å². The van der Waals surface area contributed by atoms with Gasteiger partial charge in [-0.1, -0.05) is 13.0 Å². The Labute approximate surface area is 137 Å². The molecule has 0 radical (unpaired) electrons. The summed E-state index contributed by atoms with van der Waals surface area (Å²) < 4.78 is 10.4. The third-order valence-corrected chi connectivity index (χ3v) is 3.52. The van der Waals surface area contributed by atoms with Crippen LogP contribution in [0.4, 0.5) is 0 Å². The van der Waals surface area contributed by atoms with Crippen LogP contribution < -0.4 is 9.47 Å². The van der Waals surface area contributed by atoms with E-state index >= 15 is 0 Å². The minimum Gasteiger partial charge on any atom is -0.493 e. The molecule has 0 aliphatic heterocycles.